The lowest BCUT2D eigenvalue weighted by Crippen LogP contribution is -2.42. The first-order valence-corrected chi connectivity index (χ1v) is 10.4. The summed E-state index contributed by atoms with van der Waals surface area (Å²) in [6.45, 7) is 5.73. The summed E-state index contributed by atoms with van der Waals surface area (Å²) in [5.74, 6) is 1.89. The van der Waals surface area contributed by atoms with E-state index >= 15 is 0 Å². The van der Waals surface area contributed by atoms with Gasteiger partial charge in [0, 0.05) is 50.2 Å². The maximum Gasteiger partial charge on any atom is 0.254 e. The molecule has 3 heterocycles. The smallest absolute Gasteiger partial charge is 0.254 e. The van der Waals surface area contributed by atoms with Crippen molar-refractivity contribution in [3.8, 4) is 0 Å². The standard InChI is InChI=1S/C22H28N4O3/c1-17-3-6-20(29-17)15-26(19-4-5-19)21(27)16-24-11-2-12-25(14-13-24)22(28)18-7-9-23-10-8-18/h3,6-10,19H,2,4-5,11-16H2,1H3. The minimum absolute atomic E-state index is 0.0355. The molecule has 0 atom stereocenters. The van der Waals surface area contributed by atoms with Gasteiger partial charge < -0.3 is 14.2 Å². The van der Waals surface area contributed by atoms with Crippen molar-refractivity contribution >= 4 is 11.8 Å². The molecule has 2 aromatic heterocycles. The predicted octanol–water partition coefficient (Wildman–Crippen LogP) is 2.32. The highest BCUT2D eigenvalue weighted by atomic mass is 16.3. The molecule has 7 nitrogen and oxygen atoms in total. The summed E-state index contributed by atoms with van der Waals surface area (Å²) in [4.78, 5) is 35.7. The Morgan fingerprint density at radius 1 is 1.10 bits per heavy atom. The van der Waals surface area contributed by atoms with Gasteiger partial charge in [-0.1, -0.05) is 0 Å². The van der Waals surface area contributed by atoms with Crippen molar-refractivity contribution < 1.29 is 14.0 Å². The number of carbonyl (C=O) groups excluding carboxylic acids is 2. The van der Waals surface area contributed by atoms with Gasteiger partial charge in [0.1, 0.15) is 11.5 Å². The van der Waals surface area contributed by atoms with Crippen LogP contribution in [0.15, 0.2) is 41.1 Å². The number of furan rings is 1. The first-order valence-electron chi connectivity index (χ1n) is 10.4. The Morgan fingerprint density at radius 2 is 1.90 bits per heavy atom. The molecule has 29 heavy (non-hydrogen) atoms. The van der Waals surface area contributed by atoms with Gasteiger partial charge in [0.15, 0.2) is 0 Å². The molecule has 0 N–H and O–H groups in total. The molecule has 154 valence electrons. The molecule has 2 amide bonds. The van der Waals surface area contributed by atoms with Gasteiger partial charge in [0.2, 0.25) is 5.91 Å². The molecule has 0 unspecified atom stereocenters. The van der Waals surface area contributed by atoms with Gasteiger partial charge in [0.25, 0.3) is 5.91 Å². The fourth-order valence-electron chi connectivity index (χ4n) is 3.84. The van der Waals surface area contributed by atoms with Gasteiger partial charge in [-0.05, 0) is 50.5 Å². The number of rotatable bonds is 6. The topological polar surface area (TPSA) is 69.9 Å². The molecule has 4 rings (SSSR count). The highest BCUT2D eigenvalue weighted by Crippen LogP contribution is 2.29. The van der Waals surface area contributed by atoms with E-state index in [1.165, 1.54) is 0 Å². The Bertz CT molecular complexity index is 847. The van der Waals surface area contributed by atoms with Gasteiger partial charge in [0.05, 0.1) is 13.1 Å². The van der Waals surface area contributed by atoms with Crippen LogP contribution in [0.3, 0.4) is 0 Å². The molecule has 7 heteroatoms. The predicted molar refractivity (Wildman–Crippen MR) is 108 cm³/mol. The van der Waals surface area contributed by atoms with Gasteiger partial charge in [-0.15, -0.1) is 0 Å². The average molecular weight is 396 g/mol. The van der Waals surface area contributed by atoms with Crippen LogP contribution in [-0.2, 0) is 11.3 Å². The summed E-state index contributed by atoms with van der Waals surface area (Å²) in [6, 6.07) is 7.72. The largest absolute Gasteiger partial charge is 0.464 e. The van der Waals surface area contributed by atoms with Gasteiger partial charge in [-0.25, -0.2) is 0 Å². The van der Waals surface area contributed by atoms with Crippen molar-refractivity contribution in [2.24, 2.45) is 0 Å². The van der Waals surface area contributed by atoms with Crippen LogP contribution >= 0.6 is 0 Å². The number of aromatic nitrogens is 1. The summed E-state index contributed by atoms with van der Waals surface area (Å²) < 4.78 is 5.68. The molecule has 1 saturated carbocycles. The quantitative estimate of drug-likeness (QED) is 0.750. The zero-order chi connectivity index (χ0) is 20.2. The van der Waals surface area contributed by atoms with E-state index < -0.39 is 0 Å². The van der Waals surface area contributed by atoms with Crippen molar-refractivity contribution in [1.82, 2.24) is 19.7 Å². The zero-order valence-electron chi connectivity index (χ0n) is 16.9. The lowest BCUT2D eigenvalue weighted by Gasteiger charge is -2.26. The number of hydrogen-bond donors (Lipinski definition) is 0. The molecule has 0 bridgehead atoms. The maximum atomic E-state index is 13.0. The van der Waals surface area contributed by atoms with E-state index in [4.69, 9.17) is 4.42 Å². The molecule has 1 saturated heterocycles. The van der Waals surface area contributed by atoms with Crippen molar-refractivity contribution in [2.45, 2.75) is 38.8 Å². The highest BCUT2D eigenvalue weighted by molar-refractivity contribution is 5.94. The van der Waals surface area contributed by atoms with Crippen LogP contribution in [0.25, 0.3) is 0 Å². The summed E-state index contributed by atoms with van der Waals surface area (Å²) in [6.07, 6.45) is 6.29. The molecular formula is C22H28N4O3. The first kappa shape index (κ1) is 19.6. The van der Waals surface area contributed by atoms with Gasteiger partial charge >= 0.3 is 0 Å². The van der Waals surface area contributed by atoms with Crippen LogP contribution < -0.4 is 0 Å². The van der Waals surface area contributed by atoms with Crippen molar-refractivity contribution in [1.29, 1.82) is 0 Å². The fraction of sp³-hybridized carbons (Fsp3) is 0.500. The minimum Gasteiger partial charge on any atom is -0.464 e. The average Bonchev–Trinajstić information content (AvgIpc) is 3.52. The highest BCUT2D eigenvalue weighted by Gasteiger charge is 2.34. The van der Waals surface area contributed by atoms with Crippen LogP contribution in [0, 0.1) is 6.92 Å². The number of nitrogens with zero attached hydrogens (tertiary/aromatic N) is 4. The van der Waals surface area contributed by atoms with E-state index in [1.54, 1.807) is 24.5 Å². The molecule has 2 aromatic rings. The third-order valence-electron chi connectivity index (χ3n) is 5.59. The Hall–Kier alpha value is -2.67. The van der Waals surface area contributed by atoms with Crippen LogP contribution in [0.2, 0.25) is 0 Å². The third kappa shape index (κ3) is 5.03. The Morgan fingerprint density at radius 3 is 2.59 bits per heavy atom. The van der Waals surface area contributed by atoms with Crippen molar-refractivity contribution in [3.05, 3.63) is 53.7 Å². The van der Waals surface area contributed by atoms with Crippen LogP contribution in [-0.4, -0.2) is 70.3 Å². The van der Waals surface area contributed by atoms with Crippen molar-refractivity contribution in [3.63, 3.8) is 0 Å². The molecule has 0 aromatic carbocycles. The summed E-state index contributed by atoms with van der Waals surface area (Å²) in [5.41, 5.74) is 0.665. The Labute approximate surface area is 171 Å². The van der Waals surface area contributed by atoms with E-state index in [2.05, 4.69) is 9.88 Å². The number of hydrogen-bond acceptors (Lipinski definition) is 5. The summed E-state index contributed by atoms with van der Waals surface area (Å²) in [5, 5.41) is 0. The lowest BCUT2D eigenvalue weighted by molar-refractivity contribution is -0.133. The second-order valence-corrected chi connectivity index (χ2v) is 7.92. The van der Waals surface area contributed by atoms with E-state index in [1.807, 2.05) is 28.9 Å². The molecule has 2 aliphatic rings. The van der Waals surface area contributed by atoms with Crippen LogP contribution in [0.1, 0.15) is 41.1 Å². The minimum atomic E-state index is 0.0355. The SMILES string of the molecule is Cc1ccc(CN(C(=O)CN2CCCN(C(=O)c3ccncc3)CC2)C2CC2)o1. The monoisotopic (exact) mass is 396 g/mol. The number of aryl methyl sites for hydroxylation is 1. The second kappa shape index (κ2) is 8.78. The Balaban J connectivity index is 1.33. The number of carbonyl (C=O) groups is 2. The number of amides is 2. The fourth-order valence-corrected chi connectivity index (χ4v) is 3.84. The molecule has 2 fully saturated rings. The normalized spacial score (nSPS) is 17.8. The summed E-state index contributed by atoms with van der Waals surface area (Å²) in [7, 11) is 0. The van der Waals surface area contributed by atoms with Crippen LogP contribution in [0.4, 0.5) is 0 Å². The van der Waals surface area contributed by atoms with Gasteiger partial charge in [-0.3, -0.25) is 19.5 Å². The zero-order valence-corrected chi connectivity index (χ0v) is 16.9. The van der Waals surface area contributed by atoms with Crippen molar-refractivity contribution in [2.75, 3.05) is 32.7 Å². The molecule has 0 spiro atoms. The van der Waals surface area contributed by atoms with E-state index in [-0.39, 0.29) is 11.8 Å². The lowest BCUT2D eigenvalue weighted by atomic mass is 10.2. The van der Waals surface area contributed by atoms with E-state index in [9.17, 15) is 9.59 Å². The van der Waals surface area contributed by atoms with E-state index in [0.29, 0.717) is 44.3 Å². The second-order valence-electron chi connectivity index (χ2n) is 7.92. The third-order valence-corrected chi connectivity index (χ3v) is 5.59. The Kier molecular flexibility index (Phi) is 5.94. The molecule has 0 radical (unpaired) electrons. The maximum absolute atomic E-state index is 13.0. The first-order chi connectivity index (χ1) is 14.1. The number of pyridine rings is 1. The molecule has 1 aliphatic heterocycles. The van der Waals surface area contributed by atoms with Gasteiger partial charge in [-0.2, -0.15) is 0 Å². The van der Waals surface area contributed by atoms with Crippen LogP contribution in [0.5, 0.6) is 0 Å². The summed E-state index contributed by atoms with van der Waals surface area (Å²) >= 11 is 0. The van der Waals surface area contributed by atoms with E-state index in [0.717, 1.165) is 37.3 Å². The molecular weight excluding hydrogens is 368 g/mol. The molecule has 1 aliphatic carbocycles.